The average molecular weight is 222 g/mol. The van der Waals surface area contributed by atoms with E-state index >= 15 is 0 Å². The third-order valence-corrected chi connectivity index (χ3v) is 3.50. The summed E-state index contributed by atoms with van der Waals surface area (Å²) in [6, 6.07) is 0.542. The highest BCUT2D eigenvalue weighted by molar-refractivity contribution is 5.28. The molecule has 0 radical (unpaired) electrons. The molecule has 0 unspecified atom stereocenters. The molecule has 0 N–H and O–H groups in total. The molecule has 2 rings (SSSR count). The van der Waals surface area contributed by atoms with Crippen LogP contribution in [0.1, 0.15) is 55.6 Å². The first kappa shape index (κ1) is 11.6. The highest BCUT2D eigenvalue weighted by Gasteiger charge is 2.22. The highest BCUT2D eigenvalue weighted by Crippen LogP contribution is 2.28. The summed E-state index contributed by atoms with van der Waals surface area (Å²) in [6.45, 7) is 10.6. The van der Waals surface area contributed by atoms with Crippen LogP contribution in [0.4, 0.5) is 0 Å². The van der Waals surface area contributed by atoms with E-state index < -0.39 is 0 Å². The third kappa shape index (κ3) is 2.01. The summed E-state index contributed by atoms with van der Waals surface area (Å²) in [6.07, 6.45) is 2.19. The van der Waals surface area contributed by atoms with Gasteiger partial charge in [0.05, 0.1) is 11.7 Å². The zero-order valence-corrected chi connectivity index (χ0v) is 10.8. The highest BCUT2D eigenvalue weighted by atomic mass is 16.5. The van der Waals surface area contributed by atoms with E-state index in [1.165, 1.54) is 17.0 Å². The van der Waals surface area contributed by atoms with Crippen molar-refractivity contribution in [3.05, 3.63) is 17.0 Å². The van der Waals surface area contributed by atoms with Crippen molar-refractivity contribution in [3.8, 4) is 0 Å². The second kappa shape index (κ2) is 4.58. The van der Waals surface area contributed by atoms with Crippen LogP contribution in [0.2, 0.25) is 0 Å². The summed E-state index contributed by atoms with van der Waals surface area (Å²) in [5.41, 5.74) is 3.96. The van der Waals surface area contributed by atoms with Crippen molar-refractivity contribution >= 4 is 0 Å². The zero-order chi connectivity index (χ0) is 11.7. The SMILES string of the molecule is Cc1nn(C2CCOCC2)c(C)c1C(C)C. The quantitative estimate of drug-likeness (QED) is 0.769. The number of rotatable bonds is 2. The van der Waals surface area contributed by atoms with E-state index in [-0.39, 0.29) is 0 Å². The molecule has 1 aromatic heterocycles. The monoisotopic (exact) mass is 222 g/mol. The molecule has 1 fully saturated rings. The fourth-order valence-electron chi connectivity index (χ4n) is 2.80. The maximum Gasteiger partial charge on any atom is 0.0631 e. The van der Waals surface area contributed by atoms with Crippen molar-refractivity contribution in [1.29, 1.82) is 0 Å². The topological polar surface area (TPSA) is 27.1 Å². The van der Waals surface area contributed by atoms with Crippen LogP contribution >= 0.6 is 0 Å². The molecule has 2 heterocycles. The first-order valence-corrected chi connectivity index (χ1v) is 6.24. The van der Waals surface area contributed by atoms with Gasteiger partial charge in [-0.2, -0.15) is 5.10 Å². The molecule has 1 saturated heterocycles. The Bertz CT molecular complexity index is 362. The first-order valence-electron chi connectivity index (χ1n) is 6.24. The van der Waals surface area contributed by atoms with E-state index in [9.17, 15) is 0 Å². The van der Waals surface area contributed by atoms with Crippen LogP contribution in [0.5, 0.6) is 0 Å². The lowest BCUT2D eigenvalue weighted by Crippen LogP contribution is -2.21. The van der Waals surface area contributed by atoms with Crippen LogP contribution in [-0.2, 0) is 4.74 Å². The summed E-state index contributed by atoms with van der Waals surface area (Å²) >= 11 is 0. The molecule has 1 aliphatic rings. The summed E-state index contributed by atoms with van der Waals surface area (Å²) in [5, 5.41) is 4.72. The number of aryl methyl sites for hydroxylation is 1. The molecule has 1 aliphatic heterocycles. The minimum absolute atomic E-state index is 0.542. The third-order valence-electron chi connectivity index (χ3n) is 3.50. The van der Waals surface area contributed by atoms with E-state index in [0.717, 1.165) is 26.1 Å². The summed E-state index contributed by atoms with van der Waals surface area (Å²) in [7, 11) is 0. The molecule has 3 heteroatoms. The summed E-state index contributed by atoms with van der Waals surface area (Å²) < 4.78 is 7.63. The lowest BCUT2D eigenvalue weighted by atomic mass is 10.0. The Labute approximate surface area is 97.8 Å². The number of nitrogens with zero attached hydrogens (tertiary/aromatic N) is 2. The maximum atomic E-state index is 5.40. The maximum absolute atomic E-state index is 5.40. The van der Waals surface area contributed by atoms with Crippen LogP contribution in [0.3, 0.4) is 0 Å². The Morgan fingerprint density at radius 2 is 1.88 bits per heavy atom. The van der Waals surface area contributed by atoms with Crippen LogP contribution in [0.25, 0.3) is 0 Å². The van der Waals surface area contributed by atoms with Crippen molar-refractivity contribution in [1.82, 2.24) is 9.78 Å². The van der Waals surface area contributed by atoms with Gasteiger partial charge in [-0.05, 0) is 38.2 Å². The number of aromatic nitrogens is 2. The van der Waals surface area contributed by atoms with E-state index in [1.807, 2.05) is 0 Å². The summed E-state index contributed by atoms with van der Waals surface area (Å²) in [5.74, 6) is 0.564. The molecule has 1 aromatic rings. The van der Waals surface area contributed by atoms with Crippen molar-refractivity contribution in [2.75, 3.05) is 13.2 Å². The van der Waals surface area contributed by atoms with Gasteiger partial charge in [0.2, 0.25) is 0 Å². The van der Waals surface area contributed by atoms with Crippen molar-refractivity contribution < 1.29 is 4.74 Å². The predicted molar refractivity (Wildman–Crippen MR) is 64.9 cm³/mol. The van der Waals surface area contributed by atoms with Crippen LogP contribution in [-0.4, -0.2) is 23.0 Å². The van der Waals surface area contributed by atoms with Gasteiger partial charge in [-0.1, -0.05) is 13.8 Å². The molecule has 0 spiro atoms. The molecule has 16 heavy (non-hydrogen) atoms. The minimum Gasteiger partial charge on any atom is -0.381 e. The standard InChI is InChI=1S/C13H22N2O/c1-9(2)13-10(3)14-15(11(13)4)12-5-7-16-8-6-12/h9,12H,5-8H2,1-4H3. The fourth-order valence-corrected chi connectivity index (χ4v) is 2.80. The van der Waals surface area contributed by atoms with Crippen molar-refractivity contribution in [2.24, 2.45) is 0 Å². The average Bonchev–Trinajstić information content (AvgIpc) is 2.55. The Morgan fingerprint density at radius 1 is 1.25 bits per heavy atom. The Kier molecular flexibility index (Phi) is 3.33. The number of ether oxygens (including phenoxy) is 1. The molecular weight excluding hydrogens is 200 g/mol. The molecule has 3 nitrogen and oxygen atoms in total. The van der Waals surface area contributed by atoms with Gasteiger partial charge < -0.3 is 4.74 Å². The van der Waals surface area contributed by atoms with E-state index in [1.54, 1.807) is 0 Å². The van der Waals surface area contributed by atoms with E-state index in [0.29, 0.717) is 12.0 Å². The molecule has 0 aromatic carbocycles. The lowest BCUT2D eigenvalue weighted by Gasteiger charge is -2.23. The Hall–Kier alpha value is -0.830. The zero-order valence-electron chi connectivity index (χ0n) is 10.8. The molecule has 0 atom stereocenters. The van der Waals surface area contributed by atoms with Crippen LogP contribution < -0.4 is 0 Å². The Balaban J connectivity index is 2.30. The lowest BCUT2D eigenvalue weighted by molar-refractivity contribution is 0.0656. The largest absolute Gasteiger partial charge is 0.381 e. The minimum atomic E-state index is 0.542. The smallest absolute Gasteiger partial charge is 0.0631 e. The van der Waals surface area contributed by atoms with Crippen molar-refractivity contribution in [3.63, 3.8) is 0 Å². The van der Waals surface area contributed by atoms with Gasteiger partial charge in [-0.3, -0.25) is 4.68 Å². The molecule has 0 saturated carbocycles. The molecular formula is C13H22N2O. The molecule has 0 bridgehead atoms. The molecule has 0 aliphatic carbocycles. The molecule has 90 valence electrons. The summed E-state index contributed by atoms with van der Waals surface area (Å²) in [4.78, 5) is 0. The second-order valence-electron chi connectivity index (χ2n) is 5.03. The van der Waals surface area contributed by atoms with Gasteiger partial charge >= 0.3 is 0 Å². The van der Waals surface area contributed by atoms with Crippen molar-refractivity contribution in [2.45, 2.75) is 52.5 Å². The number of hydrogen-bond acceptors (Lipinski definition) is 2. The Morgan fingerprint density at radius 3 is 2.38 bits per heavy atom. The van der Waals surface area contributed by atoms with Gasteiger partial charge in [-0.15, -0.1) is 0 Å². The predicted octanol–water partition coefficient (Wildman–Crippen LogP) is 2.97. The van der Waals surface area contributed by atoms with Crippen LogP contribution in [0.15, 0.2) is 0 Å². The fraction of sp³-hybridized carbons (Fsp3) is 0.769. The van der Waals surface area contributed by atoms with Crippen LogP contribution in [0, 0.1) is 13.8 Å². The van der Waals surface area contributed by atoms with Gasteiger partial charge in [0.25, 0.3) is 0 Å². The van der Waals surface area contributed by atoms with E-state index in [4.69, 9.17) is 9.84 Å². The van der Waals surface area contributed by atoms with E-state index in [2.05, 4.69) is 32.4 Å². The second-order valence-corrected chi connectivity index (χ2v) is 5.03. The first-order chi connectivity index (χ1) is 7.61. The molecule has 0 amide bonds. The number of hydrogen-bond donors (Lipinski definition) is 0. The van der Waals surface area contributed by atoms with Gasteiger partial charge in [0.15, 0.2) is 0 Å². The van der Waals surface area contributed by atoms with Gasteiger partial charge in [0, 0.05) is 18.9 Å². The van der Waals surface area contributed by atoms with Gasteiger partial charge in [0.1, 0.15) is 0 Å². The van der Waals surface area contributed by atoms with Gasteiger partial charge in [-0.25, -0.2) is 0 Å². The normalized spacial score (nSPS) is 18.3.